The summed E-state index contributed by atoms with van der Waals surface area (Å²) < 4.78 is 0. The molecule has 0 amide bonds. The molecule has 0 aromatic carbocycles. The van der Waals surface area contributed by atoms with Crippen LogP contribution in [-0.4, -0.2) is 40.8 Å². The van der Waals surface area contributed by atoms with Crippen molar-refractivity contribution in [3.05, 3.63) is 11.9 Å². The highest BCUT2D eigenvalue weighted by atomic mass is 16.2. The summed E-state index contributed by atoms with van der Waals surface area (Å²) in [5, 5.41) is 12.4. The molecular weight excluding hydrogens is 264 g/mol. The second kappa shape index (κ2) is 6.60. The minimum Gasteiger partial charge on any atom is -0.396 e. The molecule has 2 N–H and O–H groups in total. The van der Waals surface area contributed by atoms with E-state index in [9.17, 15) is 0 Å². The first-order valence-corrected chi connectivity index (χ1v) is 8.32. The highest BCUT2D eigenvalue weighted by Crippen LogP contribution is 2.39. The second-order valence-electron chi connectivity index (χ2n) is 6.13. The van der Waals surface area contributed by atoms with E-state index in [1.807, 2.05) is 0 Å². The van der Waals surface area contributed by atoms with Gasteiger partial charge in [0.15, 0.2) is 0 Å². The van der Waals surface area contributed by atoms with Crippen molar-refractivity contribution in [2.75, 3.05) is 29.9 Å². The van der Waals surface area contributed by atoms with Crippen LogP contribution in [0.5, 0.6) is 0 Å². The van der Waals surface area contributed by atoms with Gasteiger partial charge in [0.2, 0.25) is 0 Å². The first-order chi connectivity index (χ1) is 10.3. The maximum absolute atomic E-state index is 9.07. The van der Waals surface area contributed by atoms with Gasteiger partial charge in [-0.1, -0.05) is 0 Å². The van der Waals surface area contributed by atoms with Crippen molar-refractivity contribution in [2.45, 2.75) is 57.4 Å². The van der Waals surface area contributed by atoms with Gasteiger partial charge >= 0.3 is 0 Å². The van der Waals surface area contributed by atoms with Gasteiger partial charge < -0.3 is 15.3 Å². The lowest BCUT2D eigenvalue weighted by molar-refractivity contribution is 0.279. The summed E-state index contributed by atoms with van der Waals surface area (Å²) in [7, 11) is 0. The van der Waals surface area contributed by atoms with Crippen molar-refractivity contribution in [2.24, 2.45) is 0 Å². The summed E-state index contributed by atoms with van der Waals surface area (Å²) in [6.07, 6.45) is 6.80. The molecular formula is C16H26N4O. The molecule has 2 heterocycles. The zero-order chi connectivity index (χ0) is 14.7. The lowest BCUT2D eigenvalue weighted by atomic mass is 10.1. The average Bonchev–Trinajstić information content (AvgIpc) is 3.24. The molecule has 1 saturated carbocycles. The topological polar surface area (TPSA) is 61.3 Å². The zero-order valence-electron chi connectivity index (χ0n) is 12.9. The van der Waals surface area contributed by atoms with E-state index in [0.717, 1.165) is 43.4 Å². The Morgan fingerprint density at radius 3 is 2.90 bits per heavy atom. The third-order valence-corrected chi connectivity index (χ3v) is 4.40. The van der Waals surface area contributed by atoms with Crippen LogP contribution in [0.25, 0.3) is 0 Å². The van der Waals surface area contributed by atoms with E-state index in [0.29, 0.717) is 12.0 Å². The molecule has 1 atom stereocenters. The molecule has 3 rings (SSSR count). The van der Waals surface area contributed by atoms with Crippen molar-refractivity contribution in [3.63, 3.8) is 0 Å². The number of aromatic nitrogens is 2. The quantitative estimate of drug-likeness (QED) is 0.808. The fourth-order valence-corrected chi connectivity index (χ4v) is 3.16. The van der Waals surface area contributed by atoms with Crippen molar-refractivity contribution in [3.8, 4) is 0 Å². The molecule has 1 aliphatic heterocycles. The lowest BCUT2D eigenvalue weighted by Gasteiger charge is -2.26. The van der Waals surface area contributed by atoms with E-state index >= 15 is 0 Å². The summed E-state index contributed by atoms with van der Waals surface area (Å²) in [6, 6.07) is 2.61. The molecule has 5 heteroatoms. The Kier molecular flexibility index (Phi) is 4.58. The highest BCUT2D eigenvalue weighted by Gasteiger charge is 2.30. The van der Waals surface area contributed by atoms with Gasteiger partial charge in [-0.3, -0.25) is 0 Å². The Morgan fingerprint density at radius 1 is 1.33 bits per heavy atom. The van der Waals surface area contributed by atoms with E-state index in [-0.39, 0.29) is 6.61 Å². The van der Waals surface area contributed by atoms with Crippen LogP contribution in [0.15, 0.2) is 6.07 Å². The Bertz CT molecular complexity index is 475. The fourth-order valence-electron chi connectivity index (χ4n) is 3.16. The van der Waals surface area contributed by atoms with E-state index < -0.39 is 0 Å². The molecule has 2 fully saturated rings. The third-order valence-electron chi connectivity index (χ3n) is 4.40. The van der Waals surface area contributed by atoms with Gasteiger partial charge in [0.05, 0.1) is 0 Å². The van der Waals surface area contributed by atoms with Crippen LogP contribution in [0.2, 0.25) is 0 Å². The second-order valence-corrected chi connectivity index (χ2v) is 6.13. The van der Waals surface area contributed by atoms with Gasteiger partial charge in [0.1, 0.15) is 17.5 Å². The largest absolute Gasteiger partial charge is 0.396 e. The monoisotopic (exact) mass is 290 g/mol. The number of aliphatic hydroxyl groups excluding tert-OH is 1. The van der Waals surface area contributed by atoms with E-state index in [1.54, 1.807) is 0 Å². The summed E-state index contributed by atoms with van der Waals surface area (Å²) in [6.45, 7) is 4.33. The molecule has 5 nitrogen and oxygen atoms in total. The summed E-state index contributed by atoms with van der Waals surface area (Å²) in [4.78, 5) is 11.9. The van der Waals surface area contributed by atoms with Crippen LogP contribution in [0.4, 0.5) is 11.6 Å². The molecule has 2 aliphatic rings. The minimum atomic E-state index is 0.282. The molecule has 0 radical (unpaired) electrons. The lowest BCUT2D eigenvalue weighted by Crippen LogP contribution is -2.30. The van der Waals surface area contributed by atoms with E-state index in [2.05, 4.69) is 28.2 Å². The van der Waals surface area contributed by atoms with Gasteiger partial charge in [-0.05, 0) is 45.4 Å². The third kappa shape index (κ3) is 3.46. The first-order valence-electron chi connectivity index (χ1n) is 8.32. The minimum absolute atomic E-state index is 0.282. The molecule has 1 aromatic heterocycles. The molecule has 1 aliphatic carbocycles. The summed E-state index contributed by atoms with van der Waals surface area (Å²) in [5.74, 6) is 3.61. The molecule has 21 heavy (non-hydrogen) atoms. The number of hydrogen-bond acceptors (Lipinski definition) is 5. The molecule has 1 saturated heterocycles. The zero-order valence-corrected chi connectivity index (χ0v) is 12.9. The number of hydrogen-bond donors (Lipinski definition) is 2. The number of nitrogens with zero attached hydrogens (tertiary/aromatic N) is 3. The van der Waals surface area contributed by atoms with Crippen LogP contribution < -0.4 is 10.2 Å². The Hall–Kier alpha value is -1.36. The molecule has 1 unspecified atom stereocenters. The Morgan fingerprint density at radius 2 is 2.19 bits per heavy atom. The van der Waals surface area contributed by atoms with E-state index in [1.165, 1.54) is 25.7 Å². The predicted molar refractivity (Wildman–Crippen MR) is 84.9 cm³/mol. The van der Waals surface area contributed by atoms with Crippen LogP contribution in [0.3, 0.4) is 0 Å². The average molecular weight is 290 g/mol. The van der Waals surface area contributed by atoms with Crippen LogP contribution in [0.1, 0.15) is 57.2 Å². The normalized spacial score (nSPS) is 21.8. The molecule has 116 valence electrons. The molecule has 0 spiro atoms. The fraction of sp³-hybridized carbons (Fsp3) is 0.750. The van der Waals surface area contributed by atoms with Gasteiger partial charge in [-0.25, -0.2) is 9.97 Å². The standard InChI is InChI=1S/C16H26N4O/c1-2-17-14-11-15(19-16(18-14)12-7-8-12)20-9-3-5-13(20)6-4-10-21/h11-13,21H,2-10H2,1H3,(H,17,18,19). The Labute approximate surface area is 126 Å². The smallest absolute Gasteiger partial charge is 0.136 e. The van der Waals surface area contributed by atoms with Crippen LogP contribution in [0, 0.1) is 0 Å². The van der Waals surface area contributed by atoms with Crippen molar-refractivity contribution in [1.29, 1.82) is 0 Å². The summed E-state index contributed by atoms with van der Waals surface area (Å²) >= 11 is 0. The van der Waals surface area contributed by atoms with Crippen molar-refractivity contribution < 1.29 is 5.11 Å². The van der Waals surface area contributed by atoms with Crippen molar-refractivity contribution in [1.82, 2.24) is 9.97 Å². The molecule has 0 bridgehead atoms. The summed E-state index contributed by atoms with van der Waals surface area (Å²) in [5.41, 5.74) is 0. The van der Waals surface area contributed by atoms with Gasteiger partial charge in [-0.15, -0.1) is 0 Å². The van der Waals surface area contributed by atoms with Crippen molar-refractivity contribution >= 4 is 11.6 Å². The Balaban J connectivity index is 1.81. The highest BCUT2D eigenvalue weighted by molar-refractivity contribution is 5.51. The van der Waals surface area contributed by atoms with Gasteiger partial charge in [0.25, 0.3) is 0 Å². The van der Waals surface area contributed by atoms with Crippen LogP contribution >= 0.6 is 0 Å². The predicted octanol–water partition coefficient (Wildman–Crippen LogP) is 2.53. The number of anilines is 2. The number of aliphatic hydroxyl groups is 1. The van der Waals surface area contributed by atoms with Crippen LogP contribution in [-0.2, 0) is 0 Å². The maximum atomic E-state index is 9.07. The SMILES string of the molecule is CCNc1cc(N2CCCC2CCCO)nc(C2CC2)n1. The van der Waals surface area contributed by atoms with E-state index in [4.69, 9.17) is 10.1 Å². The number of nitrogens with one attached hydrogen (secondary N) is 1. The van der Waals surface area contributed by atoms with Gasteiger partial charge in [0, 0.05) is 37.7 Å². The van der Waals surface area contributed by atoms with Gasteiger partial charge in [-0.2, -0.15) is 0 Å². The molecule has 1 aromatic rings. The number of rotatable bonds is 7. The maximum Gasteiger partial charge on any atom is 0.136 e. The first kappa shape index (κ1) is 14.6.